The first-order chi connectivity index (χ1) is 11.6. The molecule has 2 aromatic rings. The average molecular weight is 325 g/mol. The van der Waals surface area contributed by atoms with E-state index in [9.17, 15) is 9.59 Å². The summed E-state index contributed by atoms with van der Waals surface area (Å²) in [5, 5.41) is 2.34. The Bertz CT molecular complexity index is 744. The van der Waals surface area contributed by atoms with Crippen molar-refractivity contribution in [1.29, 1.82) is 0 Å². The van der Waals surface area contributed by atoms with Crippen molar-refractivity contribution in [2.45, 2.75) is 12.8 Å². The molecule has 0 aliphatic carbocycles. The second-order valence-corrected chi connectivity index (χ2v) is 6.34. The average Bonchev–Trinajstić information content (AvgIpc) is 2.80. The van der Waals surface area contributed by atoms with Crippen molar-refractivity contribution in [2.75, 3.05) is 32.7 Å². The zero-order chi connectivity index (χ0) is 16.9. The Labute approximate surface area is 142 Å². The number of benzene rings is 2. The third-order valence-corrected chi connectivity index (χ3v) is 4.49. The highest BCUT2D eigenvalue weighted by Gasteiger charge is 2.20. The largest absolute Gasteiger partial charge is 0.369 e. The van der Waals surface area contributed by atoms with Crippen molar-refractivity contribution in [1.82, 2.24) is 9.80 Å². The maximum absolute atomic E-state index is 12.6. The van der Waals surface area contributed by atoms with E-state index in [1.807, 2.05) is 28.0 Å². The van der Waals surface area contributed by atoms with Crippen LogP contribution >= 0.6 is 0 Å². The molecule has 0 aromatic heterocycles. The van der Waals surface area contributed by atoms with Crippen LogP contribution < -0.4 is 5.73 Å². The number of hydrogen-bond donors (Lipinski definition) is 1. The number of nitrogens with two attached hydrogens (primary N) is 1. The van der Waals surface area contributed by atoms with Gasteiger partial charge in [-0.05, 0) is 22.8 Å². The first kappa shape index (κ1) is 16.5. The molecule has 0 atom stereocenters. The monoisotopic (exact) mass is 325 g/mol. The SMILES string of the molecule is NC(=O)CN1CCCN(C(=O)Cc2ccc3ccccc3c2)CC1. The van der Waals surface area contributed by atoms with Gasteiger partial charge in [0.2, 0.25) is 11.8 Å². The van der Waals surface area contributed by atoms with Crippen LogP contribution in [0.2, 0.25) is 0 Å². The van der Waals surface area contributed by atoms with E-state index >= 15 is 0 Å². The van der Waals surface area contributed by atoms with E-state index in [0.717, 1.165) is 30.5 Å². The van der Waals surface area contributed by atoms with Crippen LogP contribution in [0.5, 0.6) is 0 Å². The van der Waals surface area contributed by atoms with Gasteiger partial charge in [0.1, 0.15) is 0 Å². The van der Waals surface area contributed by atoms with Gasteiger partial charge in [0.05, 0.1) is 13.0 Å². The fraction of sp³-hybridized carbons (Fsp3) is 0.368. The molecule has 24 heavy (non-hydrogen) atoms. The summed E-state index contributed by atoms with van der Waals surface area (Å²) in [7, 11) is 0. The molecule has 3 rings (SSSR count). The van der Waals surface area contributed by atoms with E-state index in [1.165, 1.54) is 5.39 Å². The minimum atomic E-state index is -0.314. The van der Waals surface area contributed by atoms with Gasteiger partial charge in [-0.2, -0.15) is 0 Å². The lowest BCUT2D eigenvalue weighted by Crippen LogP contribution is -2.38. The fourth-order valence-corrected chi connectivity index (χ4v) is 3.23. The van der Waals surface area contributed by atoms with Gasteiger partial charge in [-0.3, -0.25) is 14.5 Å². The molecule has 1 aliphatic heterocycles. The summed E-state index contributed by atoms with van der Waals surface area (Å²) in [6.07, 6.45) is 1.29. The Kier molecular flexibility index (Phi) is 5.11. The molecular formula is C19H23N3O2. The Morgan fingerprint density at radius 3 is 2.54 bits per heavy atom. The molecule has 1 saturated heterocycles. The summed E-state index contributed by atoms with van der Waals surface area (Å²) in [5.74, 6) is -0.169. The van der Waals surface area contributed by atoms with Gasteiger partial charge in [-0.25, -0.2) is 0 Å². The van der Waals surface area contributed by atoms with Crippen LogP contribution in [-0.2, 0) is 16.0 Å². The van der Waals surface area contributed by atoms with Crippen molar-refractivity contribution < 1.29 is 9.59 Å². The Balaban J connectivity index is 1.62. The van der Waals surface area contributed by atoms with Gasteiger partial charge in [-0.1, -0.05) is 42.5 Å². The molecule has 5 heteroatoms. The van der Waals surface area contributed by atoms with E-state index in [0.29, 0.717) is 19.5 Å². The van der Waals surface area contributed by atoms with E-state index in [4.69, 9.17) is 5.73 Å². The first-order valence-corrected chi connectivity index (χ1v) is 8.38. The summed E-state index contributed by atoms with van der Waals surface area (Å²) in [5.41, 5.74) is 6.29. The second kappa shape index (κ2) is 7.45. The smallest absolute Gasteiger partial charge is 0.231 e. The zero-order valence-corrected chi connectivity index (χ0v) is 13.8. The van der Waals surface area contributed by atoms with Crippen molar-refractivity contribution in [2.24, 2.45) is 5.73 Å². The molecule has 5 nitrogen and oxygen atoms in total. The quantitative estimate of drug-likeness (QED) is 0.924. The van der Waals surface area contributed by atoms with E-state index < -0.39 is 0 Å². The van der Waals surface area contributed by atoms with Gasteiger partial charge in [0, 0.05) is 26.2 Å². The van der Waals surface area contributed by atoms with Crippen molar-refractivity contribution in [3.8, 4) is 0 Å². The highest BCUT2D eigenvalue weighted by atomic mass is 16.2. The zero-order valence-electron chi connectivity index (χ0n) is 13.8. The third kappa shape index (κ3) is 4.11. The van der Waals surface area contributed by atoms with Crippen LogP contribution in [0.4, 0.5) is 0 Å². The van der Waals surface area contributed by atoms with Crippen LogP contribution in [0.1, 0.15) is 12.0 Å². The molecule has 1 fully saturated rings. The third-order valence-electron chi connectivity index (χ3n) is 4.49. The van der Waals surface area contributed by atoms with Crippen molar-refractivity contribution in [3.63, 3.8) is 0 Å². The molecular weight excluding hydrogens is 302 g/mol. The standard InChI is InChI=1S/C19H23N3O2/c20-18(23)14-21-8-3-9-22(11-10-21)19(24)13-15-6-7-16-4-1-2-5-17(16)12-15/h1-2,4-7,12H,3,8-11,13-14H2,(H2,20,23). The maximum atomic E-state index is 12.6. The van der Waals surface area contributed by atoms with Gasteiger partial charge < -0.3 is 10.6 Å². The second-order valence-electron chi connectivity index (χ2n) is 6.34. The lowest BCUT2D eigenvalue weighted by atomic mass is 10.0. The van der Waals surface area contributed by atoms with Crippen LogP contribution in [0.3, 0.4) is 0 Å². The summed E-state index contributed by atoms with van der Waals surface area (Å²) in [6, 6.07) is 14.3. The van der Waals surface area contributed by atoms with Gasteiger partial charge in [-0.15, -0.1) is 0 Å². The molecule has 0 spiro atoms. The van der Waals surface area contributed by atoms with Crippen LogP contribution in [-0.4, -0.2) is 54.3 Å². The van der Waals surface area contributed by atoms with Crippen LogP contribution in [0.15, 0.2) is 42.5 Å². The number of amides is 2. The van der Waals surface area contributed by atoms with Gasteiger partial charge in [0.15, 0.2) is 0 Å². The predicted octanol–water partition coefficient (Wildman–Crippen LogP) is 1.40. The van der Waals surface area contributed by atoms with E-state index in [2.05, 4.69) is 24.3 Å². The number of primary amides is 1. The molecule has 0 unspecified atom stereocenters. The molecule has 2 aromatic carbocycles. The van der Waals surface area contributed by atoms with E-state index in [1.54, 1.807) is 0 Å². The molecule has 1 heterocycles. The Morgan fingerprint density at radius 1 is 0.958 bits per heavy atom. The predicted molar refractivity (Wildman–Crippen MR) is 94.5 cm³/mol. The molecule has 0 radical (unpaired) electrons. The summed E-state index contributed by atoms with van der Waals surface area (Å²) in [6.45, 7) is 3.17. The molecule has 0 bridgehead atoms. The minimum Gasteiger partial charge on any atom is -0.369 e. The molecule has 2 amide bonds. The summed E-state index contributed by atoms with van der Waals surface area (Å²) in [4.78, 5) is 27.6. The topological polar surface area (TPSA) is 66.6 Å². The van der Waals surface area contributed by atoms with Crippen molar-refractivity contribution >= 4 is 22.6 Å². The Morgan fingerprint density at radius 2 is 1.75 bits per heavy atom. The molecule has 126 valence electrons. The number of carbonyl (C=O) groups excluding carboxylic acids is 2. The molecule has 0 saturated carbocycles. The lowest BCUT2D eigenvalue weighted by Gasteiger charge is -2.21. The van der Waals surface area contributed by atoms with Crippen molar-refractivity contribution in [3.05, 3.63) is 48.0 Å². The van der Waals surface area contributed by atoms with Gasteiger partial charge in [0.25, 0.3) is 0 Å². The van der Waals surface area contributed by atoms with E-state index in [-0.39, 0.29) is 18.4 Å². The van der Waals surface area contributed by atoms with Crippen LogP contribution in [0.25, 0.3) is 10.8 Å². The fourth-order valence-electron chi connectivity index (χ4n) is 3.23. The van der Waals surface area contributed by atoms with Crippen LogP contribution in [0, 0.1) is 0 Å². The number of hydrogen-bond acceptors (Lipinski definition) is 3. The molecule has 2 N–H and O–H groups in total. The molecule has 1 aliphatic rings. The highest BCUT2D eigenvalue weighted by Crippen LogP contribution is 2.16. The number of carbonyl (C=O) groups is 2. The maximum Gasteiger partial charge on any atom is 0.231 e. The highest BCUT2D eigenvalue weighted by molar-refractivity contribution is 5.85. The lowest BCUT2D eigenvalue weighted by molar-refractivity contribution is -0.130. The normalized spacial score (nSPS) is 16.1. The number of nitrogens with zero attached hydrogens (tertiary/aromatic N) is 2. The summed E-state index contributed by atoms with van der Waals surface area (Å²) >= 11 is 0. The number of rotatable bonds is 4. The first-order valence-electron chi connectivity index (χ1n) is 8.38. The summed E-state index contributed by atoms with van der Waals surface area (Å²) < 4.78 is 0. The Hall–Kier alpha value is -2.40. The minimum absolute atomic E-state index is 0.145. The number of fused-ring (bicyclic) bond motifs is 1. The van der Waals surface area contributed by atoms with Gasteiger partial charge >= 0.3 is 0 Å².